The number of nitrogens with two attached hydrogens (primary N) is 1. The molecule has 0 unspecified atom stereocenters. The van der Waals surface area contributed by atoms with E-state index in [2.05, 4.69) is 10.5 Å². The van der Waals surface area contributed by atoms with E-state index in [0.29, 0.717) is 11.4 Å². The number of benzene rings is 1. The number of rotatable bonds is 4. The van der Waals surface area contributed by atoms with Crippen molar-refractivity contribution in [3.05, 3.63) is 24.3 Å². The smallest absolute Gasteiger partial charge is 0.296 e. The van der Waals surface area contributed by atoms with Crippen LogP contribution in [0.15, 0.2) is 29.4 Å². The summed E-state index contributed by atoms with van der Waals surface area (Å²) in [5.74, 6) is 4.82. The van der Waals surface area contributed by atoms with Crippen LogP contribution in [0.25, 0.3) is 0 Å². The molecule has 0 heterocycles. The third-order valence-electron chi connectivity index (χ3n) is 1.84. The Morgan fingerprint density at radius 3 is 2.59 bits per heavy atom. The minimum absolute atomic E-state index is 0.358. The number of hydrogen-bond donors (Lipinski definition) is 3. The highest BCUT2D eigenvalue weighted by atomic mass is 16.5. The van der Waals surface area contributed by atoms with E-state index in [0.717, 1.165) is 0 Å². The number of hydrazine groups is 1. The van der Waals surface area contributed by atoms with Gasteiger partial charge in [0.15, 0.2) is 0 Å². The Labute approximate surface area is 97.8 Å². The predicted octanol–water partition coefficient (Wildman–Crippen LogP) is -0.0234. The Hall–Kier alpha value is -2.59. The number of hydrogen-bond acceptors (Lipinski definition) is 6. The van der Waals surface area contributed by atoms with Gasteiger partial charge in [-0.3, -0.25) is 15.6 Å². The lowest BCUT2D eigenvalue weighted by Gasteiger charge is -2.02. The van der Waals surface area contributed by atoms with E-state index < -0.39 is 5.91 Å². The first kappa shape index (κ1) is 12.5. The molecule has 0 bridgehead atoms. The molecule has 0 fully saturated rings. The predicted molar refractivity (Wildman–Crippen MR) is 62.0 cm³/mol. The van der Waals surface area contributed by atoms with Crippen molar-refractivity contribution in [1.29, 1.82) is 5.26 Å². The van der Waals surface area contributed by atoms with Crippen LogP contribution in [0, 0.1) is 11.3 Å². The standard InChI is InChI=1S/C10H11N5O2/c1-17-8-4-2-7(3-5-8)14-15-9(6-11)10(16)13-12/h2-5,14H,12H2,1H3,(H,13,16). The van der Waals surface area contributed by atoms with Gasteiger partial charge in [-0.15, -0.1) is 0 Å². The average Bonchev–Trinajstić information content (AvgIpc) is 2.39. The van der Waals surface area contributed by atoms with Crippen LogP contribution in [-0.2, 0) is 4.79 Å². The monoisotopic (exact) mass is 233 g/mol. The molecule has 0 radical (unpaired) electrons. The van der Waals surface area contributed by atoms with E-state index >= 15 is 0 Å². The van der Waals surface area contributed by atoms with Crippen molar-refractivity contribution in [3.8, 4) is 11.8 Å². The zero-order valence-corrected chi connectivity index (χ0v) is 9.10. The Bertz CT molecular complexity index is 461. The van der Waals surface area contributed by atoms with Gasteiger partial charge < -0.3 is 4.74 Å². The summed E-state index contributed by atoms with van der Waals surface area (Å²) < 4.78 is 4.97. The zero-order chi connectivity index (χ0) is 12.7. The maximum Gasteiger partial charge on any atom is 0.296 e. The summed E-state index contributed by atoms with van der Waals surface area (Å²) in [5.41, 5.74) is 4.63. The first-order valence-corrected chi connectivity index (χ1v) is 4.60. The topological polar surface area (TPSA) is 113 Å². The van der Waals surface area contributed by atoms with Crippen LogP contribution in [0.2, 0.25) is 0 Å². The van der Waals surface area contributed by atoms with Gasteiger partial charge in [-0.25, -0.2) is 5.84 Å². The lowest BCUT2D eigenvalue weighted by molar-refractivity contribution is -0.114. The second-order valence-corrected chi connectivity index (χ2v) is 2.89. The van der Waals surface area contributed by atoms with Crippen molar-refractivity contribution in [2.75, 3.05) is 12.5 Å². The Kier molecular flexibility index (Phi) is 4.47. The van der Waals surface area contributed by atoms with Crippen LogP contribution in [0.3, 0.4) is 0 Å². The van der Waals surface area contributed by atoms with E-state index in [1.165, 1.54) is 0 Å². The molecule has 0 aliphatic rings. The highest BCUT2D eigenvalue weighted by Gasteiger charge is 2.08. The van der Waals surface area contributed by atoms with Crippen LogP contribution in [0.5, 0.6) is 5.75 Å². The number of nitrogens with zero attached hydrogens (tertiary/aromatic N) is 2. The summed E-state index contributed by atoms with van der Waals surface area (Å²) in [6, 6.07) is 8.43. The molecule has 0 spiro atoms. The molecule has 0 saturated carbocycles. The Morgan fingerprint density at radius 2 is 2.12 bits per heavy atom. The maximum absolute atomic E-state index is 11.0. The van der Waals surface area contributed by atoms with Crippen LogP contribution in [0.1, 0.15) is 0 Å². The normalized spacial score (nSPS) is 10.3. The summed E-state index contributed by atoms with van der Waals surface area (Å²) in [6.07, 6.45) is 0. The third kappa shape index (κ3) is 3.48. The number of ether oxygens (including phenoxy) is 1. The lowest BCUT2D eigenvalue weighted by atomic mass is 10.3. The molecule has 0 saturated heterocycles. The fourth-order valence-corrected chi connectivity index (χ4v) is 0.981. The summed E-state index contributed by atoms with van der Waals surface area (Å²) in [5, 5.41) is 12.2. The van der Waals surface area contributed by atoms with Crippen molar-refractivity contribution in [2.45, 2.75) is 0 Å². The number of nitrogens with one attached hydrogen (secondary N) is 2. The Balaban J connectivity index is 2.74. The molecule has 7 heteroatoms. The van der Waals surface area contributed by atoms with E-state index in [1.807, 2.05) is 5.43 Å². The minimum Gasteiger partial charge on any atom is -0.497 e. The van der Waals surface area contributed by atoms with Gasteiger partial charge in [0.05, 0.1) is 12.8 Å². The van der Waals surface area contributed by atoms with Crippen LogP contribution in [-0.4, -0.2) is 18.7 Å². The highest BCUT2D eigenvalue weighted by Crippen LogP contribution is 2.14. The molecule has 0 atom stereocenters. The molecule has 0 aliphatic carbocycles. The van der Waals surface area contributed by atoms with Gasteiger partial charge in [0.2, 0.25) is 5.71 Å². The molecule has 7 nitrogen and oxygen atoms in total. The van der Waals surface area contributed by atoms with Gasteiger partial charge >= 0.3 is 0 Å². The first-order chi connectivity index (χ1) is 8.21. The van der Waals surface area contributed by atoms with Crippen molar-refractivity contribution < 1.29 is 9.53 Å². The molecule has 0 aromatic heterocycles. The molecule has 88 valence electrons. The molecule has 0 aliphatic heterocycles. The van der Waals surface area contributed by atoms with E-state index in [4.69, 9.17) is 15.8 Å². The van der Waals surface area contributed by atoms with Gasteiger partial charge in [-0.2, -0.15) is 10.4 Å². The van der Waals surface area contributed by atoms with Crippen molar-refractivity contribution in [3.63, 3.8) is 0 Å². The minimum atomic E-state index is -0.756. The van der Waals surface area contributed by atoms with Crippen molar-refractivity contribution in [2.24, 2.45) is 10.9 Å². The zero-order valence-electron chi connectivity index (χ0n) is 9.10. The van der Waals surface area contributed by atoms with Crippen LogP contribution in [0.4, 0.5) is 5.69 Å². The summed E-state index contributed by atoms with van der Waals surface area (Å²) in [6.45, 7) is 0. The summed E-state index contributed by atoms with van der Waals surface area (Å²) in [4.78, 5) is 11.0. The number of anilines is 1. The van der Waals surface area contributed by atoms with Gasteiger partial charge in [-0.1, -0.05) is 0 Å². The fourth-order valence-electron chi connectivity index (χ4n) is 0.981. The van der Waals surface area contributed by atoms with Gasteiger partial charge in [0.1, 0.15) is 11.8 Å². The number of methoxy groups -OCH3 is 1. The number of carbonyl (C=O) groups is 1. The van der Waals surface area contributed by atoms with E-state index in [1.54, 1.807) is 37.4 Å². The fraction of sp³-hybridized carbons (Fsp3) is 0.100. The van der Waals surface area contributed by atoms with E-state index in [9.17, 15) is 4.79 Å². The number of carbonyl (C=O) groups excluding carboxylic acids is 1. The Morgan fingerprint density at radius 1 is 1.47 bits per heavy atom. The molecular weight excluding hydrogens is 222 g/mol. The lowest BCUT2D eigenvalue weighted by Crippen LogP contribution is -2.36. The second-order valence-electron chi connectivity index (χ2n) is 2.89. The first-order valence-electron chi connectivity index (χ1n) is 4.60. The van der Waals surface area contributed by atoms with E-state index in [-0.39, 0.29) is 5.71 Å². The molecule has 17 heavy (non-hydrogen) atoms. The van der Waals surface area contributed by atoms with Crippen LogP contribution < -0.4 is 21.4 Å². The van der Waals surface area contributed by atoms with Crippen LogP contribution >= 0.6 is 0 Å². The SMILES string of the molecule is COc1ccc(NN=C(C#N)C(=O)NN)cc1. The average molecular weight is 233 g/mol. The maximum atomic E-state index is 11.0. The number of nitriles is 1. The molecular formula is C10H11N5O2. The highest BCUT2D eigenvalue weighted by molar-refractivity contribution is 6.45. The largest absolute Gasteiger partial charge is 0.497 e. The summed E-state index contributed by atoms with van der Waals surface area (Å²) >= 11 is 0. The van der Waals surface area contributed by atoms with Crippen molar-refractivity contribution >= 4 is 17.3 Å². The molecule has 1 rings (SSSR count). The van der Waals surface area contributed by atoms with Gasteiger partial charge in [0.25, 0.3) is 5.91 Å². The molecule has 1 aromatic carbocycles. The van der Waals surface area contributed by atoms with Gasteiger partial charge in [-0.05, 0) is 24.3 Å². The second kappa shape index (κ2) is 6.09. The van der Waals surface area contributed by atoms with Gasteiger partial charge in [0, 0.05) is 0 Å². The quantitative estimate of drug-likeness (QED) is 0.293. The number of amides is 1. The molecule has 1 amide bonds. The molecule has 1 aromatic rings. The third-order valence-corrected chi connectivity index (χ3v) is 1.84. The summed E-state index contributed by atoms with van der Waals surface area (Å²) in [7, 11) is 1.56. The number of hydrazone groups is 1. The van der Waals surface area contributed by atoms with Crippen molar-refractivity contribution in [1.82, 2.24) is 5.43 Å². The molecule has 4 N–H and O–H groups in total.